The van der Waals surface area contributed by atoms with Crippen LogP contribution < -0.4 is 5.32 Å². The Bertz CT molecular complexity index is 194. The molecule has 3 heteroatoms. The minimum absolute atomic E-state index is 0.165. The summed E-state index contributed by atoms with van der Waals surface area (Å²) >= 11 is 0. The summed E-state index contributed by atoms with van der Waals surface area (Å²) in [7, 11) is 0. The van der Waals surface area contributed by atoms with Crippen LogP contribution in [0.25, 0.3) is 0 Å². The number of hydrogen-bond acceptors (Lipinski definition) is 3. The highest BCUT2D eigenvalue weighted by Gasteiger charge is 2.23. The molecule has 1 fully saturated rings. The Hall–Kier alpha value is -0.560. The average molecular weight is 211 g/mol. The van der Waals surface area contributed by atoms with Crippen LogP contribution in [0.4, 0.5) is 0 Å². The van der Waals surface area contributed by atoms with E-state index in [-0.39, 0.29) is 6.10 Å². The van der Waals surface area contributed by atoms with Gasteiger partial charge in [0.05, 0.1) is 25.9 Å². The van der Waals surface area contributed by atoms with Gasteiger partial charge in [-0.3, -0.25) is 0 Å². The van der Waals surface area contributed by atoms with Crippen molar-refractivity contribution in [1.82, 2.24) is 5.32 Å². The van der Waals surface area contributed by atoms with E-state index in [1.165, 1.54) is 0 Å². The van der Waals surface area contributed by atoms with Crippen molar-refractivity contribution in [3.05, 3.63) is 0 Å². The van der Waals surface area contributed by atoms with Crippen molar-refractivity contribution in [1.29, 1.82) is 0 Å². The van der Waals surface area contributed by atoms with Crippen molar-refractivity contribution in [2.75, 3.05) is 26.4 Å². The van der Waals surface area contributed by atoms with Gasteiger partial charge in [-0.1, -0.05) is 6.92 Å². The van der Waals surface area contributed by atoms with Crippen LogP contribution in [0.3, 0.4) is 0 Å². The van der Waals surface area contributed by atoms with E-state index in [1.807, 2.05) is 0 Å². The lowest BCUT2D eigenvalue weighted by atomic mass is 10.1. The second-order valence-corrected chi connectivity index (χ2v) is 3.79. The normalized spacial score (nSPS) is 23.3. The summed E-state index contributed by atoms with van der Waals surface area (Å²) in [5.41, 5.74) is 0. The second kappa shape index (κ2) is 7.70. The molecule has 2 atom stereocenters. The van der Waals surface area contributed by atoms with Crippen molar-refractivity contribution in [2.24, 2.45) is 0 Å². The monoisotopic (exact) mass is 211 g/mol. The van der Waals surface area contributed by atoms with Crippen molar-refractivity contribution >= 4 is 0 Å². The van der Waals surface area contributed by atoms with Gasteiger partial charge in [-0.15, -0.1) is 12.3 Å². The molecule has 0 aromatic rings. The quantitative estimate of drug-likeness (QED) is 0.669. The molecule has 1 aliphatic heterocycles. The van der Waals surface area contributed by atoms with Crippen LogP contribution in [-0.2, 0) is 9.47 Å². The lowest BCUT2D eigenvalue weighted by Gasteiger charge is -2.30. The van der Waals surface area contributed by atoms with E-state index >= 15 is 0 Å². The van der Waals surface area contributed by atoms with Crippen molar-refractivity contribution in [3.63, 3.8) is 0 Å². The zero-order chi connectivity index (χ0) is 10.9. The maximum absolute atomic E-state index is 5.68. The number of terminal acetylenes is 1. The Kier molecular flexibility index (Phi) is 6.42. The van der Waals surface area contributed by atoms with Crippen molar-refractivity contribution in [2.45, 2.75) is 38.3 Å². The van der Waals surface area contributed by atoms with Gasteiger partial charge in [-0.2, -0.15) is 0 Å². The molecule has 86 valence electrons. The molecule has 0 bridgehead atoms. The lowest BCUT2D eigenvalue weighted by molar-refractivity contribution is -0.102. The Morgan fingerprint density at radius 3 is 3.00 bits per heavy atom. The summed E-state index contributed by atoms with van der Waals surface area (Å²) in [4.78, 5) is 0. The third-order valence-corrected chi connectivity index (χ3v) is 2.55. The van der Waals surface area contributed by atoms with E-state index < -0.39 is 0 Å². The maximum atomic E-state index is 5.68. The molecule has 0 aromatic carbocycles. The van der Waals surface area contributed by atoms with Gasteiger partial charge in [-0.05, 0) is 19.4 Å². The third kappa shape index (κ3) is 4.65. The van der Waals surface area contributed by atoms with Crippen LogP contribution in [0, 0.1) is 12.3 Å². The molecule has 15 heavy (non-hydrogen) atoms. The van der Waals surface area contributed by atoms with Gasteiger partial charge in [0.25, 0.3) is 0 Å². The van der Waals surface area contributed by atoms with E-state index in [1.54, 1.807) is 0 Å². The third-order valence-electron chi connectivity index (χ3n) is 2.55. The van der Waals surface area contributed by atoms with Crippen LogP contribution in [0.5, 0.6) is 0 Å². The van der Waals surface area contributed by atoms with Gasteiger partial charge in [0.1, 0.15) is 0 Å². The molecule has 0 amide bonds. The van der Waals surface area contributed by atoms with Gasteiger partial charge in [0.15, 0.2) is 0 Å². The Labute approximate surface area is 92.5 Å². The topological polar surface area (TPSA) is 30.5 Å². The molecular weight excluding hydrogens is 190 g/mol. The summed E-state index contributed by atoms with van der Waals surface area (Å²) in [5, 5.41) is 3.47. The molecule has 1 heterocycles. The van der Waals surface area contributed by atoms with Gasteiger partial charge >= 0.3 is 0 Å². The van der Waals surface area contributed by atoms with Crippen molar-refractivity contribution in [3.8, 4) is 12.3 Å². The summed E-state index contributed by atoms with van der Waals surface area (Å²) < 4.78 is 11.1. The fourth-order valence-electron chi connectivity index (χ4n) is 1.73. The Balaban J connectivity index is 2.34. The highest BCUT2D eigenvalue weighted by atomic mass is 16.6. The smallest absolute Gasteiger partial charge is 0.0962 e. The van der Waals surface area contributed by atoms with Crippen molar-refractivity contribution < 1.29 is 9.47 Å². The van der Waals surface area contributed by atoms with Crippen LogP contribution in [0.2, 0.25) is 0 Å². The fourth-order valence-corrected chi connectivity index (χ4v) is 1.73. The molecule has 1 N–H and O–H groups in total. The molecular formula is C12H21NO2. The molecule has 0 spiro atoms. The standard InChI is InChI=1S/C12H21NO2/c1-3-5-6-11(13-7-4-2)12-10-14-8-9-15-12/h1,11-13H,4-10H2,2H3. The molecule has 0 saturated carbocycles. The van der Waals surface area contributed by atoms with Crippen LogP contribution in [0.15, 0.2) is 0 Å². The molecule has 3 nitrogen and oxygen atoms in total. The zero-order valence-electron chi connectivity index (χ0n) is 9.50. The van der Waals surface area contributed by atoms with Crippen LogP contribution >= 0.6 is 0 Å². The first-order valence-electron chi connectivity index (χ1n) is 5.74. The summed E-state index contributed by atoms with van der Waals surface area (Å²) in [5.74, 6) is 2.68. The molecule has 1 saturated heterocycles. The zero-order valence-corrected chi connectivity index (χ0v) is 9.50. The first-order valence-corrected chi connectivity index (χ1v) is 5.74. The Morgan fingerprint density at radius 2 is 2.40 bits per heavy atom. The molecule has 1 aliphatic rings. The first-order chi connectivity index (χ1) is 7.38. The Morgan fingerprint density at radius 1 is 1.53 bits per heavy atom. The minimum atomic E-state index is 0.165. The van der Waals surface area contributed by atoms with Gasteiger partial charge in [-0.25, -0.2) is 0 Å². The number of hydrogen-bond donors (Lipinski definition) is 1. The highest BCUT2D eigenvalue weighted by Crippen LogP contribution is 2.10. The number of ether oxygens (including phenoxy) is 2. The van der Waals surface area contributed by atoms with Crippen LogP contribution in [-0.4, -0.2) is 38.5 Å². The van der Waals surface area contributed by atoms with E-state index in [0.717, 1.165) is 25.8 Å². The predicted octanol–water partition coefficient (Wildman–Crippen LogP) is 1.18. The molecule has 0 aliphatic carbocycles. The second-order valence-electron chi connectivity index (χ2n) is 3.79. The first kappa shape index (κ1) is 12.5. The largest absolute Gasteiger partial charge is 0.376 e. The van der Waals surface area contributed by atoms with Gasteiger partial charge in [0, 0.05) is 12.5 Å². The maximum Gasteiger partial charge on any atom is 0.0962 e. The number of rotatable bonds is 6. The molecule has 1 rings (SSSR count). The van der Waals surface area contributed by atoms with Gasteiger partial charge < -0.3 is 14.8 Å². The molecule has 0 radical (unpaired) electrons. The van der Waals surface area contributed by atoms with E-state index in [4.69, 9.17) is 15.9 Å². The van der Waals surface area contributed by atoms with Gasteiger partial charge in [0.2, 0.25) is 0 Å². The van der Waals surface area contributed by atoms with Crippen LogP contribution in [0.1, 0.15) is 26.2 Å². The average Bonchev–Trinajstić information content (AvgIpc) is 2.30. The van der Waals surface area contributed by atoms with E-state index in [2.05, 4.69) is 18.2 Å². The SMILES string of the molecule is C#CCCC(NCCC)C1COCCO1. The fraction of sp³-hybridized carbons (Fsp3) is 0.833. The minimum Gasteiger partial charge on any atom is -0.376 e. The predicted molar refractivity (Wildman–Crippen MR) is 60.7 cm³/mol. The lowest BCUT2D eigenvalue weighted by Crippen LogP contribution is -2.46. The molecule has 0 aromatic heterocycles. The summed E-state index contributed by atoms with van der Waals surface area (Å²) in [6.07, 6.45) is 8.33. The van der Waals surface area contributed by atoms with E-state index in [0.29, 0.717) is 25.9 Å². The highest BCUT2D eigenvalue weighted by molar-refractivity contribution is 4.88. The summed E-state index contributed by atoms with van der Waals surface area (Å²) in [6.45, 7) is 5.27. The number of nitrogens with one attached hydrogen (secondary N) is 1. The molecule has 2 unspecified atom stereocenters. The van der Waals surface area contributed by atoms with E-state index in [9.17, 15) is 0 Å². The summed E-state index contributed by atoms with van der Waals surface area (Å²) in [6, 6.07) is 0.335.